The molecule has 1 heterocycles. The van der Waals surface area contributed by atoms with Crippen molar-refractivity contribution in [3.05, 3.63) is 24.3 Å². The first-order valence-corrected chi connectivity index (χ1v) is 8.21. The fraction of sp³-hybridized carbons (Fsp3) is 0.529. The van der Waals surface area contributed by atoms with Gasteiger partial charge >= 0.3 is 6.09 Å². The molecule has 2 rings (SSSR count). The lowest BCUT2D eigenvalue weighted by Gasteiger charge is -2.34. The third-order valence-corrected chi connectivity index (χ3v) is 3.92. The van der Waals surface area contributed by atoms with Crippen molar-refractivity contribution >= 4 is 17.7 Å². The molecule has 1 fully saturated rings. The molecule has 0 spiro atoms. The molecule has 7 heteroatoms. The second-order valence-corrected chi connectivity index (χ2v) is 5.47. The molecule has 2 amide bonds. The summed E-state index contributed by atoms with van der Waals surface area (Å²) in [7, 11) is 1.63. The van der Waals surface area contributed by atoms with Gasteiger partial charge in [0.25, 0.3) is 0 Å². The predicted molar refractivity (Wildman–Crippen MR) is 91.3 cm³/mol. The molecule has 0 aromatic heterocycles. The van der Waals surface area contributed by atoms with Gasteiger partial charge in [-0.15, -0.1) is 0 Å². The van der Waals surface area contributed by atoms with Crippen molar-refractivity contribution < 1.29 is 19.1 Å². The molecule has 0 unspecified atom stereocenters. The number of nitrogens with one attached hydrogen (secondary N) is 1. The minimum atomic E-state index is -0.300. The molecule has 0 radical (unpaired) electrons. The number of amides is 2. The van der Waals surface area contributed by atoms with Gasteiger partial charge in [-0.1, -0.05) is 0 Å². The van der Waals surface area contributed by atoms with Crippen molar-refractivity contribution in [2.24, 2.45) is 0 Å². The molecule has 1 N–H and O–H groups in total. The van der Waals surface area contributed by atoms with Gasteiger partial charge in [0.05, 0.1) is 13.7 Å². The zero-order chi connectivity index (χ0) is 17.4. The molecule has 1 aliphatic rings. The lowest BCUT2D eigenvalue weighted by molar-refractivity contribution is -0.132. The average Bonchev–Trinajstić information content (AvgIpc) is 2.62. The van der Waals surface area contributed by atoms with Crippen LogP contribution in [-0.4, -0.2) is 68.2 Å². The Morgan fingerprint density at radius 3 is 2.29 bits per heavy atom. The van der Waals surface area contributed by atoms with Gasteiger partial charge in [-0.2, -0.15) is 0 Å². The van der Waals surface area contributed by atoms with E-state index in [1.54, 1.807) is 23.8 Å². The van der Waals surface area contributed by atoms with Gasteiger partial charge in [0.2, 0.25) is 5.91 Å². The van der Waals surface area contributed by atoms with Gasteiger partial charge in [0.1, 0.15) is 5.75 Å². The number of rotatable bonds is 6. The summed E-state index contributed by atoms with van der Waals surface area (Å²) in [5.41, 5.74) is 0.954. The highest BCUT2D eigenvalue weighted by Gasteiger charge is 2.24. The van der Waals surface area contributed by atoms with Crippen molar-refractivity contribution in [3.8, 4) is 5.75 Å². The number of nitrogens with zero attached hydrogens (tertiary/aromatic N) is 2. The predicted octanol–water partition coefficient (Wildman–Crippen LogP) is 1.80. The summed E-state index contributed by atoms with van der Waals surface area (Å²) in [6, 6.07) is 7.58. The molecule has 1 saturated heterocycles. The Kier molecular flexibility index (Phi) is 6.72. The van der Waals surface area contributed by atoms with Crippen molar-refractivity contribution in [2.75, 3.05) is 51.8 Å². The van der Waals surface area contributed by atoms with E-state index in [9.17, 15) is 9.59 Å². The largest absolute Gasteiger partial charge is 0.497 e. The van der Waals surface area contributed by atoms with Crippen LogP contribution in [-0.2, 0) is 9.53 Å². The Bertz CT molecular complexity index is 539. The van der Waals surface area contributed by atoms with Crippen LogP contribution in [0, 0.1) is 0 Å². The first kappa shape index (κ1) is 17.9. The van der Waals surface area contributed by atoms with Crippen LogP contribution < -0.4 is 10.1 Å². The number of carbonyl (C=O) groups is 2. The van der Waals surface area contributed by atoms with E-state index in [-0.39, 0.29) is 12.0 Å². The molecule has 0 aliphatic carbocycles. The summed E-state index contributed by atoms with van der Waals surface area (Å²) in [6.45, 7) is 4.89. The van der Waals surface area contributed by atoms with E-state index in [1.807, 2.05) is 24.3 Å². The maximum Gasteiger partial charge on any atom is 0.409 e. The van der Waals surface area contributed by atoms with Crippen molar-refractivity contribution in [3.63, 3.8) is 0 Å². The topological polar surface area (TPSA) is 71.1 Å². The van der Waals surface area contributed by atoms with Crippen LogP contribution in [0.4, 0.5) is 10.5 Å². The van der Waals surface area contributed by atoms with E-state index in [1.165, 1.54) is 0 Å². The number of piperazine rings is 1. The first-order valence-electron chi connectivity index (χ1n) is 8.21. The SMILES string of the molecule is CCOC(=O)N1CCN(C(=O)CCNc2ccc(OC)cc2)CC1. The minimum absolute atomic E-state index is 0.0968. The van der Waals surface area contributed by atoms with Crippen LogP contribution in [0.1, 0.15) is 13.3 Å². The average molecular weight is 335 g/mol. The number of hydrogen-bond donors (Lipinski definition) is 1. The van der Waals surface area contributed by atoms with E-state index in [0.29, 0.717) is 45.8 Å². The number of carbonyl (C=O) groups excluding carboxylic acids is 2. The van der Waals surface area contributed by atoms with Crippen LogP contribution in [0.3, 0.4) is 0 Å². The van der Waals surface area contributed by atoms with Crippen LogP contribution in [0.25, 0.3) is 0 Å². The Balaban J connectivity index is 1.68. The molecule has 1 aliphatic heterocycles. The molecule has 7 nitrogen and oxygen atoms in total. The third-order valence-electron chi connectivity index (χ3n) is 3.92. The molecule has 0 atom stereocenters. The van der Waals surface area contributed by atoms with Crippen LogP contribution in [0.15, 0.2) is 24.3 Å². The van der Waals surface area contributed by atoms with Gasteiger partial charge in [-0.05, 0) is 31.2 Å². The Labute approximate surface area is 142 Å². The fourth-order valence-corrected chi connectivity index (χ4v) is 2.53. The van der Waals surface area contributed by atoms with Crippen molar-refractivity contribution in [1.82, 2.24) is 9.80 Å². The zero-order valence-corrected chi connectivity index (χ0v) is 14.3. The Morgan fingerprint density at radius 1 is 1.08 bits per heavy atom. The fourth-order valence-electron chi connectivity index (χ4n) is 2.53. The monoisotopic (exact) mass is 335 g/mol. The molecule has 132 valence electrons. The molecular formula is C17H25N3O4. The highest BCUT2D eigenvalue weighted by Crippen LogP contribution is 2.15. The lowest BCUT2D eigenvalue weighted by Crippen LogP contribution is -2.50. The number of benzene rings is 1. The molecule has 1 aromatic carbocycles. The first-order chi connectivity index (χ1) is 11.6. The Hall–Kier alpha value is -2.44. The van der Waals surface area contributed by atoms with Gasteiger partial charge in [0, 0.05) is 44.8 Å². The summed E-state index contributed by atoms with van der Waals surface area (Å²) in [5.74, 6) is 0.899. The van der Waals surface area contributed by atoms with E-state index in [0.717, 1.165) is 11.4 Å². The van der Waals surface area contributed by atoms with E-state index < -0.39 is 0 Å². The minimum Gasteiger partial charge on any atom is -0.497 e. The van der Waals surface area contributed by atoms with Gasteiger partial charge in [-0.25, -0.2) is 4.79 Å². The number of anilines is 1. The van der Waals surface area contributed by atoms with Crippen LogP contribution in [0.2, 0.25) is 0 Å². The van der Waals surface area contributed by atoms with Gasteiger partial charge in [0.15, 0.2) is 0 Å². The summed E-state index contributed by atoms with van der Waals surface area (Å²) in [6.07, 6.45) is 0.122. The highest BCUT2D eigenvalue weighted by molar-refractivity contribution is 5.77. The number of hydrogen-bond acceptors (Lipinski definition) is 5. The number of ether oxygens (including phenoxy) is 2. The summed E-state index contributed by atoms with van der Waals surface area (Å²) < 4.78 is 10.1. The van der Waals surface area contributed by atoms with E-state index >= 15 is 0 Å². The summed E-state index contributed by atoms with van der Waals surface area (Å²) in [4.78, 5) is 27.3. The zero-order valence-electron chi connectivity index (χ0n) is 14.3. The van der Waals surface area contributed by atoms with E-state index in [4.69, 9.17) is 9.47 Å². The second-order valence-electron chi connectivity index (χ2n) is 5.47. The highest BCUT2D eigenvalue weighted by atomic mass is 16.6. The standard InChI is InChI=1S/C17H25N3O4/c1-3-24-17(22)20-12-10-19(11-13-20)16(21)8-9-18-14-4-6-15(23-2)7-5-14/h4-7,18H,3,8-13H2,1-2H3. The third kappa shape index (κ3) is 5.04. The molecule has 0 saturated carbocycles. The molecule has 1 aromatic rings. The maximum atomic E-state index is 12.2. The van der Waals surface area contributed by atoms with Gasteiger partial charge in [-0.3, -0.25) is 4.79 Å². The normalized spacial score (nSPS) is 14.2. The number of methoxy groups -OCH3 is 1. The molecule has 0 bridgehead atoms. The molecular weight excluding hydrogens is 310 g/mol. The van der Waals surface area contributed by atoms with E-state index in [2.05, 4.69) is 5.32 Å². The quantitative estimate of drug-likeness (QED) is 0.858. The van der Waals surface area contributed by atoms with Crippen LogP contribution in [0.5, 0.6) is 5.75 Å². The summed E-state index contributed by atoms with van der Waals surface area (Å²) in [5, 5.41) is 3.22. The van der Waals surface area contributed by atoms with Crippen molar-refractivity contribution in [1.29, 1.82) is 0 Å². The van der Waals surface area contributed by atoms with Gasteiger partial charge < -0.3 is 24.6 Å². The van der Waals surface area contributed by atoms with Crippen molar-refractivity contribution in [2.45, 2.75) is 13.3 Å². The molecule has 24 heavy (non-hydrogen) atoms. The second kappa shape index (κ2) is 9.00. The Morgan fingerprint density at radius 2 is 1.71 bits per heavy atom. The lowest BCUT2D eigenvalue weighted by atomic mass is 10.2. The smallest absolute Gasteiger partial charge is 0.409 e. The summed E-state index contributed by atoms with van der Waals surface area (Å²) >= 11 is 0. The maximum absolute atomic E-state index is 12.2. The van der Waals surface area contributed by atoms with Crippen LogP contribution >= 0.6 is 0 Å².